The number of quaternary nitrogens is 1. The van der Waals surface area contributed by atoms with Gasteiger partial charge in [0.15, 0.2) is 12.3 Å². The van der Waals surface area contributed by atoms with Crippen molar-refractivity contribution in [2.45, 2.75) is 6.54 Å². The highest BCUT2D eigenvalue weighted by Crippen LogP contribution is 2.20. The number of hydrogen-bond acceptors (Lipinski definition) is 4. The molecule has 4 rings (SSSR count). The number of phenols is 1. The van der Waals surface area contributed by atoms with E-state index in [2.05, 4.69) is 9.88 Å². The van der Waals surface area contributed by atoms with Crippen LogP contribution in [-0.4, -0.2) is 36.3 Å². The van der Waals surface area contributed by atoms with E-state index >= 15 is 0 Å². The molecule has 5 heteroatoms. The van der Waals surface area contributed by atoms with Gasteiger partial charge in [0.2, 0.25) is 0 Å². The Kier molecular flexibility index (Phi) is 4.39. The van der Waals surface area contributed by atoms with Crippen molar-refractivity contribution in [3.8, 4) is 17.1 Å². The third-order valence-electron chi connectivity index (χ3n) is 4.70. The molecular formula is C20H22N3O2+. The number of phenolic OH excluding ortho intramolecular Hbond substituents is 1. The maximum Gasteiger partial charge on any atom is 0.250 e. The van der Waals surface area contributed by atoms with Crippen molar-refractivity contribution in [1.82, 2.24) is 4.98 Å². The lowest BCUT2D eigenvalue weighted by Gasteiger charge is -2.33. The molecule has 0 unspecified atom stereocenters. The van der Waals surface area contributed by atoms with Crippen molar-refractivity contribution in [3.63, 3.8) is 0 Å². The number of oxazole rings is 1. The minimum absolute atomic E-state index is 0.311. The van der Waals surface area contributed by atoms with Gasteiger partial charge in [0.25, 0.3) is 5.89 Å². The van der Waals surface area contributed by atoms with Crippen LogP contribution in [0.25, 0.3) is 11.3 Å². The lowest BCUT2D eigenvalue weighted by Crippen LogP contribution is -3.13. The zero-order valence-corrected chi connectivity index (χ0v) is 14.1. The van der Waals surface area contributed by atoms with Crippen molar-refractivity contribution in [2.75, 3.05) is 31.1 Å². The number of nitrogens with one attached hydrogen (secondary N) is 1. The quantitative estimate of drug-likeness (QED) is 0.765. The largest absolute Gasteiger partial charge is 0.508 e. The van der Waals surface area contributed by atoms with Gasteiger partial charge in [-0.05, 0) is 24.3 Å². The van der Waals surface area contributed by atoms with Gasteiger partial charge in [-0.15, -0.1) is 0 Å². The fourth-order valence-electron chi connectivity index (χ4n) is 3.26. The second kappa shape index (κ2) is 6.99. The number of aromatic nitrogens is 1. The second-order valence-electron chi connectivity index (χ2n) is 6.41. The molecule has 0 saturated carbocycles. The summed E-state index contributed by atoms with van der Waals surface area (Å²) in [7, 11) is 0. The molecule has 1 aromatic heterocycles. The molecule has 25 heavy (non-hydrogen) atoms. The molecule has 2 heterocycles. The fraction of sp³-hybridized carbons (Fsp3) is 0.250. The molecule has 1 aliphatic rings. The van der Waals surface area contributed by atoms with E-state index in [1.165, 1.54) is 10.6 Å². The van der Waals surface area contributed by atoms with Gasteiger partial charge in [-0.3, -0.25) is 0 Å². The van der Waals surface area contributed by atoms with Crippen LogP contribution in [0.2, 0.25) is 0 Å². The van der Waals surface area contributed by atoms with Gasteiger partial charge in [-0.2, -0.15) is 0 Å². The van der Waals surface area contributed by atoms with Gasteiger partial charge in [0, 0.05) is 11.3 Å². The number of aromatic hydroxyl groups is 1. The molecule has 0 spiro atoms. The van der Waals surface area contributed by atoms with Crippen molar-refractivity contribution in [3.05, 3.63) is 66.7 Å². The Bertz CT molecular complexity index is 806. The van der Waals surface area contributed by atoms with Gasteiger partial charge >= 0.3 is 0 Å². The van der Waals surface area contributed by atoms with Gasteiger partial charge in [-0.1, -0.05) is 30.3 Å². The molecule has 0 aliphatic carbocycles. The summed E-state index contributed by atoms with van der Waals surface area (Å²) in [6.45, 7) is 4.89. The molecule has 0 amide bonds. The van der Waals surface area contributed by atoms with E-state index in [9.17, 15) is 5.11 Å². The van der Waals surface area contributed by atoms with E-state index in [1.807, 2.05) is 48.7 Å². The lowest BCUT2D eigenvalue weighted by atomic mass is 10.2. The van der Waals surface area contributed by atoms with Crippen LogP contribution in [0.3, 0.4) is 0 Å². The normalized spacial score (nSPS) is 15.4. The number of piperazine rings is 1. The number of hydrogen-bond donors (Lipinski definition) is 2. The third kappa shape index (κ3) is 3.67. The van der Waals surface area contributed by atoms with Gasteiger partial charge in [0.1, 0.15) is 5.75 Å². The summed E-state index contributed by atoms with van der Waals surface area (Å²) in [4.78, 5) is 8.28. The Morgan fingerprint density at radius 3 is 2.44 bits per heavy atom. The molecule has 0 atom stereocenters. The topological polar surface area (TPSA) is 53.9 Å². The van der Waals surface area contributed by atoms with Gasteiger partial charge in [-0.25, -0.2) is 4.98 Å². The Hall–Kier alpha value is -2.79. The number of nitrogens with zero attached hydrogens (tertiary/aromatic N) is 2. The van der Waals surface area contributed by atoms with E-state index in [0.29, 0.717) is 5.75 Å². The van der Waals surface area contributed by atoms with E-state index in [1.54, 1.807) is 12.1 Å². The number of rotatable bonds is 4. The Labute approximate surface area is 147 Å². The summed E-state index contributed by atoms with van der Waals surface area (Å²) in [6.07, 6.45) is 1.82. The minimum Gasteiger partial charge on any atom is -0.508 e. The molecule has 1 aliphatic heterocycles. The third-order valence-corrected chi connectivity index (χ3v) is 4.70. The molecule has 0 bridgehead atoms. The van der Waals surface area contributed by atoms with Crippen LogP contribution >= 0.6 is 0 Å². The summed E-state index contributed by atoms with van der Waals surface area (Å²) in [5.74, 6) is 1.94. The Morgan fingerprint density at radius 1 is 1.00 bits per heavy atom. The molecular weight excluding hydrogens is 314 g/mol. The summed E-state index contributed by atoms with van der Waals surface area (Å²) in [5, 5.41) is 9.41. The molecule has 128 valence electrons. The van der Waals surface area contributed by atoms with Gasteiger partial charge in [0.05, 0.1) is 32.4 Å². The molecule has 1 saturated heterocycles. The Morgan fingerprint density at radius 2 is 1.72 bits per heavy atom. The smallest absolute Gasteiger partial charge is 0.250 e. The standard InChI is InChI=1S/C20H21N3O2/c24-18-8-6-17(7-9-18)23-12-10-22(11-13-23)15-20-21-14-19(25-20)16-4-2-1-3-5-16/h1-9,14,24H,10-13,15H2/p+1. The Balaban J connectivity index is 1.34. The van der Waals surface area contributed by atoms with Crippen LogP contribution in [0.15, 0.2) is 65.2 Å². The SMILES string of the molecule is Oc1ccc(N2CC[NH+](Cc3ncc(-c4ccccc4)o3)CC2)cc1. The summed E-state index contributed by atoms with van der Waals surface area (Å²) < 4.78 is 5.92. The van der Waals surface area contributed by atoms with Crippen LogP contribution in [0, 0.1) is 0 Å². The van der Waals surface area contributed by atoms with E-state index in [4.69, 9.17) is 4.42 Å². The van der Waals surface area contributed by atoms with Crippen LogP contribution in [-0.2, 0) is 6.54 Å². The molecule has 0 radical (unpaired) electrons. The van der Waals surface area contributed by atoms with E-state index in [0.717, 1.165) is 49.9 Å². The van der Waals surface area contributed by atoms with Crippen LogP contribution < -0.4 is 9.80 Å². The van der Waals surface area contributed by atoms with E-state index in [-0.39, 0.29) is 0 Å². The zero-order valence-electron chi connectivity index (χ0n) is 14.1. The first-order valence-corrected chi connectivity index (χ1v) is 8.65. The van der Waals surface area contributed by atoms with Crippen LogP contribution in [0.5, 0.6) is 5.75 Å². The molecule has 1 fully saturated rings. The minimum atomic E-state index is 0.311. The first-order valence-electron chi connectivity index (χ1n) is 8.65. The maximum absolute atomic E-state index is 9.41. The predicted molar refractivity (Wildman–Crippen MR) is 96.7 cm³/mol. The van der Waals surface area contributed by atoms with Crippen LogP contribution in [0.4, 0.5) is 5.69 Å². The molecule has 3 aromatic rings. The average Bonchev–Trinajstić information content (AvgIpc) is 3.12. The van der Waals surface area contributed by atoms with Crippen molar-refractivity contribution in [1.29, 1.82) is 0 Å². The second-order valence-corrected chi connectivity index (χ2v) is 6.41. The molecule has 5 nitrogen and oxygen atoms in total. The highest BCUT2D eigenvalue weighted by molar-refractivity contribution is 5.55. The molecule has 2 aromatic carbocycles. The molecule has 2 N–H and O–H groups in total. The maximum atomic E-state index is 9.41. The van der Waals surface area contributed by atoms with Crippen molar-refractivity contribution >= 4 is 5.69 Å². The lowest BCUT2D eigenvalue weighted by molar-refractivity contribution is -0.915. The average molecular weight is 336 g/mol. The number of anilines is 1. The first kappa shape index (κ1) is 15.7. The van der Waals surface area contributed by atoms with Crippen LogP contribution in [0.1, 0.15) is 5.89 Å². The summed E-state index contributed by atoms with van der Waals surface area (Å²) in [6, 6.07) is 17.5. The predicted octanol–water partition coefficient (Wildman–Crippen LogP) is 1.95. The number of benzene rings is 2. The fourth-order valence-corrected chi connectivity index (χ4v) is 3.26. The van der Waals surface area contributed by atoms with Crippen molar-refractivity contribution < 1.29 is 14.4 Å². The van der Waals surface area contributed by atoms with E-state index < -0.39 is 0 Å². The monoisotopic (exact) mass is 336 g/mol. The highest BCUT2D eigenvalue weighted by Gasteiger charge is 2.22. The highest BCUT2D eigenvalue weighted by atomic mass is 16.4. The summed E-state index contributed by atoms with van der Waals surface area (Å²) in [5.41, 5.74) is 2.23. The first-order chi connectivity index (χ1) is 12.3. The summed E-state index contributed by atoms with van der Waals surface area (Å²) >= 11 is 0. The zero-order chi connectivity index (χ0) is 17.1. The van der Waals surface area contributed by atoms with Crippen molar-refractivity contribution in [2.24, 2.45) is 0 Å². The van der Waals surface area contributed by atoms with Gasteiger partial charge < -0.3 is 19.3 Å².